The van der Waals surface area contributed by atoms with Gasteiger partial charge in [0.2, 0.25) is 5.91 Å². The molecular weight excluding hydrogens is 399 g/mol. The van der Waals surface area contributed by atoms with E-state index in [0.29, 0.717) is 11.3 Å². The van der Waals surface area contributed by atoms with Gasteiger partial charge in [-0.2, -0.15) is 11.8 Å². The molecule has 0 spiro atoms. The number of hydrogen-bond acceptors (Lipinski definition) is 3. The summed E-state index contributed by atoms with van der Waals surface area (Å²) >= 11 is 2.02. The van der Waals surface area contributed by atoms with Gasteiger partial charge in [-0.15, -0.1) is 24.0 Å². The van der Waals surface area contributed by atoms with Gasteiger partial charge in [0.15, 0.2) is 5.96 Å². The highest BCUT2D eigenvalue weighted by Gasteiger charge is 2.16. The molecule has 0 saturated carbocycles. The summed E-state index contributed by atoms with van der Waals surface area (Å²) in [6.07, 6.45) is 3.60. The lowest BCUT2D eigenvalue weighted by Gasteiger charge is -2.19. The average Bonchev–Trinajstić information content (AvgIpc) is 2.94. The van der Waals surface area contributed by atoms with Crippen molar-refractivity contribution in [2.75, 3.05) is 32.9 Å². The van der Waals surface area contributed by atoms with Crippen molar-refractivity contribution in [3.63, 3.8) is 0 Å². The summed E-state index contributed by atoms with van der Waals surface area (Å²) in [5, 5.41) is 7.38. The number of carbonyl (C=O) groups is 1. The van der Waals surface area contributed by atoms with Crippen LogP contribution in [0.5, 0.6) is 0 Å². The van der Waals surface area contributed by atoms with Crippen molar-refractivity contribution in [1.82, 2.24) is 15.5 Å². The number of guanidine groups is 1. The van der Waals surface area contributed by atoms with Crippen LogP contribution in [-0.4, -0.2) is 61.0 Å². The van der Waals surface area contributed by atoms with Crippen molar-refractivity contribution < 1.29 is 4.79 Å². The third kappa shape index (κ3) is 8.75. The Morgan fingerprint density at radius 2 is 2.19 bits per heavy atom. The van der Waals surface area contributed by atoms with Gasteiger partial charge in [-0.05, 0) is 31.9 Å². The molecular formula is C14H29IN4OS. The van der Waals surface area contributed by atoms with Crippen molar-refractivity contribution in [2.24, 2.45) is 4.99 Å². The number of likely N-dealkylation sites (N-methyl/N-ethyl adjacent to an activating group) is 1. The second-order valence-electron chi connectivity index (χ2n) is 5.42. The topological polar surface area (TPSA) is 56.7 Å². The first-order valence-electron chi connectivity index (χ1n) is 7.39. The van der Waals surface area contributed by atoms with E-state index in [-0.39, 0.29) is 36.4 Å². The lowest BCUT2D eigenvalue weighted by Crippen LogP contribution is -2.44. The smallest absolute Gasteiger partial charge is 0.243 e. The summed E-state index contributed by atoms with van der Waals surface area (Å²) in [6.45, 7) is 5.36. The molecule has 2 atom stereocenters. The predicted molar refractivity (Wildman–Crippen MR) is 103 cm³/mol. The molecule has 0 aliphatic carbocycles. The largest absolute Gasteiger partial charge is 0.355 e. The van der Waals surface area contributed by atoms with Gasteiger partial charge in [0.1, 0.15) is 6.54 Å². The molecule has 1 rings (SSSR count). The molecule has 2 unspecified atom stereocenters. The van der Waals surface area contributed by atoms with Crippen LogP contribution in [0.1, 0.15) is 33.1 Å². The van der Waals surface area contributed by atoms with E-state index in [9.17, 15) is 4.79 Å². The maximum absolute atomic E-state index is 11.6. The fraction of sp³-hybridized carbons (Fsp3) is 0.857. The molecule has 21 heavy (non-hydrogen) atoms. The number of carbonyl (C=O) groups excluding carboxylic acids is 1. The molecule has 124 valence electrons. The number of nitrogens with zero attached hydrogens (tertiary/aromatic N) is 2. The zero-order chi connectivity index (χ0) is 15.0. The molecule has 1 aliphatic heterocycles. The minimum Gasteiger partial charge on any atom is -0.355 e. The number of amides is 1. The first-order chi connectivity index (χ1) is 9.52. The van der Waals surface area contributed by atoms with Gasteiger partial charge in [0, 0.05) is 31.9 Å². The quantitative estimate of drug-likeness (QED) is 0.386. The monoisotopic (exact) mass is 428 g/mol. The standard InChI is InChI=1S/C14H28N4OS.HI/c1-5-11(2)17-14(16-10-13(19)18(3)4)15-9-12-7-6-8-20-12;/h11-12H,5-10H2,1-4H3,(H2,15,16,17);1H. The van der Waals surface area contributed by atoms with Gasteiger partial charge >= 0.3 is 0 Å². The third-order valence-electron chi connectivity index (χ3n) is 3.39. The van der Waals surface area contributed by atoms with Crippen molar-refractivity contribution in [2.45, 2.75) is 44.4 Å². The molecule has 0 bridgehead atoms. The highest BCUT2D eigenvalue weighted by Crippen LogP contribution is 2.25. The Kier molecular flexibility index (Phi) is 11.3. The summed E-state index contributed by atoms with van der Waals surface area (Å²) in [5.41, 5.74) is 0. The first-order valence-corrected chi connectivity index (χ1v) is 8.44. The lowest BCUT2D eigenvalue weighted by atomic mass is 10.2. The maximum atomic E-state index is 11.6. The lowest BCUT2D eigenvalue weighted by molar-refractivity contribution is -0.127. The number of rotatable bonds is 6. The fourth-order valence-corrected chi connectivity index (χ4v) is 2.99. The fourth-order valence-electron chi connectivity index (χ4n) is 1.79. The van der Waals surface area contributed by atoms with Crippen LogP contribution in [0.3, 0.4) is 0 Å². The zero-order valence-electron chi connectivity index (χ0n) is 13.5. The van der Waals surface area contributed by atoms with Gasteiger partial charge in [-0.25, -0.2) is 4.99 Å². The van der Waals surface area contributed by atoms with Gasteiger partial charge in [0.05, 0.1) is 0 Å². The minimum atomic E-state index is 0. The number of nitrogens with one attached hydrogen (secondary N) is 2. The molecule has 5 nitrogen and oxygen atoms in total. The maximum Gasteiger partial charge on any atom is 0.243 e. The first kappa shape index (κ1) is 20.8. The Balaban J connectivity index is 0.00000400. The van der Waals surface area contributed by atoms with Gasteiger partial charge in [0.25, 0.3) is 0 Å². The molecule has 1 saturated heterocycles. The van der Waals surface area contributed by atoms with Crippen LogP contribution in [0, 0.1) is 0 Å². The Morgan fingerprint density at radius 1 is 1.48 bits per heavy atom. The van der Waals surface area contributed by atoms with Crippen LogP contribution in [0.2, 0.25) is 0 Å². The highest BCUT2D eigenvalue weighted by atomic mass is 127. The Labute approximate surface area is 150 Å². The Morgan fingerprint density at radius 3 is 2.71 bits per heavy atom. The molecule has 0 aromatic rings. The summed E-state index contributed by atoms with van der Waals surface area (Å²) < 4.78 is 0. The Bertz CT molecular complexity index is 333. The number of hydrogen-bond donors (Lipinski definition) is 2. The molecule has 2 N–H and O–H groups in total. The van der Waals surface area contributed by atoms with Crippen molar-refractivity contribution in [3.05, 3.63) is 0 Å². The van der Waals surface area contributed by atoms with E-state index in [2.05, 4.69) is 29.5 Å². The van der Waals surface area contributed by atoms with Crippen LogP contribution >= 0.6 is 35.7 Å². The molecule has 0 radical (unpaired) electrons. The number of halogens is 1. The van der Waals surface area contributed by atoms with Crippen molar-refractivity contribution in [3.8, 4) is 0 Å². The van der Waals surface area contributed by atoms with E-state index in [0.717, 1.165) is 18.9 Å². The van der Waals surface area contributed by atoms with Crippen LogP contribution in [-0.2, 0) is 4.79 Å². The second-order valence-corrected chi connectivity index (χ2v) is 6.83. The normalized spacial score (nSPS) is 19.6. The van der Waals surface area contributed by atoms with E-state index in [4.69, 9.17) is 0 Å². The van der Waals surface area contributed by atoms with E-state index in [1.807, 2.05) is 11.8 Å². The summed E-state index contributed by atoms with van der Waals surface area (Å²) in [6, 6.07) is 0.354. The summed E-state index contributed by atoms with van der Waals surface area (Å²) in [5.74, 6) is 2.03. The summed E-state index contributed by atoms with van der Waals surface area (Å²) in [4.78, 5) is 17.6. The van der Waals surface area contributed by atoms with Crippen LogP contribution in [0.15, 0.2) is 4.99 Å². The number of aliphatic imine (C=N–C) groups is 1. The predicted octanol–water partition coefficient (Wildman–Crippen LogP) is 1.92. The van der Waals surface area contributed by atoms with Gasteiger partial charge in [-0.1, -0.05) is 6.92 Å². The second kappa shape index (κ2) is 11.4. The zero-order valence-corrected chi connectivity index (χ0v) is 16.7. The molecule has 1 fully saturated rings. The SMILES string of the molecule is CCC(C)NC(=NCC(=O)N(C)C)NCC1CCCS1.I. The van der Waals surface area contributed by atoms with Crippen LogP contribution in [0.4, 0.5) is 0 Å². The van der Waals surface area contributed by atoms with E-state index < -0.39 is 0 Å². The van der Waals surface area contributed by atoms with Crippen LogP contribution < -0.4 is 10.6 Å². The molecule has 1 amide bonds. The summed E-state index contributed by atoms with van der Waals surface area (Å²) in [7, 11) is 3.50. The number of thioether (sulfide) groups is 1. The Hall–Kier alpha value is -0.180. The van der Waals surface area contributed by atoms with Gasteiger partial charge < -0.3 is 15.5 Å². The van der Waals surface area contributed by atoms with E-state index >= 15 is 0 Å². The highest BCUT2D eigenvalue weighted by molar-refractivity contribution is 14.0. The van der Waals surface area contributed by atoms with Gasteiger partial charge in [-0.3, -0.25) is 4.79 Å². The van der Waals surface area contributed by atoms with Crippen LogP contribution in [0.25, 0.3) is 0 Å². The van der Waals surface area contributed by atoms with Crippen molar-refractivity contribution in [1.29, 1.82) is 0 Å². The minimum absolute atomic E-state index is 0. The van der Waals surface area contributed by atoms with E-state index in [1.165, 1.54) is 18.6 Å². The molecule has 1 heterocycles. The molecule has 1 aliphatic rings. The molecule has 7 heteroatoms. The average molecular weight is 428 g/mol. The third-order valence-corrected chi connectivity index (χ3v) is 4.79. The molecule has 0 aromatic carbocycles. The molecule has 0 aromatic heterocycles. The van der Waals surface area contributed by atoms with Crippen molar-refractivity contribution >= 4 is 47.6 Å². The van der Waals surface area contributed by atoms with E-state index in [1.54, 1.807) is 19.0 Å².